The second-order valence-electron chi connectivity index (χ2n) is 6.09. The number of nitrogens with zero attached hydrogens (tertiary/aromatic N) is 1. The molecule has 0 saturated carbocycles. The molecule has 2 aromatic carbocycles. The lowest BCUT2D eigenvalue weighted by Gasteiger charge is -2.25. The number of aliphatic hydroxyl groups excluding tert-OH is 1. The van der Waals surface area contributed by atoms with E-state index in [9.17, 15) is 9.90 Å². The van der Waals surface area contributed by atoms with E-state index in [1.165, 1.54) is 7.11 Å². The molecule has 5 nitrogen and oxygen atoms in total. The van der Waals surface area contributed by atoms with Gasteiger partial charge in [-0.2, -0.15) is 0 Å². The molecule has 0 aromatic heterocycles. The molecule has 0 fully saturated rings. The summed E-state index contributed by atoms with van der Waals surface area (Å²) in [5.41, 5.74) is 0.892. The maximum absolute atomic E-state index is 11.1. The summed E-state index contributed by atoms with van der Waals surface area (Å²) in [4.78, 5) is 13.1. The lowest BCUT2D eigenvalue weighted by molar-refractivity contribution is -0.141. The molecule has 2 unspecified atom stereocenters. The number of hydrogen-bond acceptors (Lipinski definition) is 5. The Morgan fingerprint density at radius 1 is 1.17 bits per heavy atom. The van der Waals surface area contributed by atoms with Gasteiger partial charge < -0.3 is 19.5 Å². The molecular formula is C19H25NO4. The van der Waals surface area contributed by atoms with Crippen molar-refractivity contribution < 1.29 is 19.4 Å². The molecule has 1 N–H and O–H groups in total. The van der Waals surface area contributed by atoms with Crippen LogP contribution in [0.25, 0.3) is 10.8 Å². The van der Waals surface area contributed by atoms with Gasteiger partial charge in [-0.25, -0.2) is 0 Å². The number of fused-ring (bicyclic) bond motifs is 1. The minimum atomic E-state index is -0.541. The number of carbonyl (C=O) groups is 1. The molecule has 5 heteroatoms. The number of esters is 1. The standard InChI is InChI=1S/C19H25NO4/c1-13(20(2)3)19(22)16-6-5-15-12-17(8-7-14(15)11-16)24-10-9-18(21)23-4/h5-8,11-13,19,22H,9-10H2,1-4H3. The normalized spacial score (nSPS) is 13.8. The van der Waals surface area contributed by atoms with E-state index < -0.39 is 6.10 Å². The Labute approximate surface area is 142 Å². The van der Waals surface area contributed by atoms with Crippen LogP contribution in [0.4, 0.5) is 0 Å². The fourth-order valence-corrected chi connectivity index (χ4v) is 2.43. The zero-order valence-corrected chi connectivity index (χ0v) is 14.7. The van der Waals surface area contributed by atoms with E-state index in [0.29, 0.717) is 5.75 Å². The molecule has 0 aliphatic rings. The Morgan fingerprint density at radius 3 is 2.50 bits per heavy atom. The first-order valence-corrected chi connectivity index (χ1v) is 8.00. The maximum atomic E-state index is 11.1. The molecule has 2 aromatic rings. The van der Waals surface area contributed by atoms with Crippen molar-refractivity contribution in [3.05, 3.63) is 42.0 Å². The molecule has 0 heterocycles. The van der Waals surface area contributed by atoms with Crippen LogP contribution in [0.2, 0.25) is 0 Å². The van der Waals surface area contributed by atoms with Gasteiger partial charge in [-0.3, -0.25) is 4.79 Å². The molecule has 2 rings (SSSR count). The Morgan fingerprint density at radius 2 is 1.83 bits per heavy atom. The van der Waals surface area contributed by atoms with Crippen molar-refractivity contribution in [1.29, 1.82) is 0 Å². The van der Waals surface area contributed by atoms with Crippen LogP contribution in [-0.2, 0) is 9.53 Å². The Hall–Kier alpha value is -2.11. The van der Waals surface area contributed by atoms with E-state index >= 15 is 0 Å². The molecule has 130 valence electrons. The molecule has 0 spiro atoms. The molecule has 2 atom stereocenters. The third kappa shape index (κ3) is 4.46. The van der Waals surface area contributed by atoms with Gasteiger partial charge in [0.1, 0.15) is 5.75 Å². The largest absolute Gasteiger partial charge is 0.493 e. The molecule has 0 aliphatic heterocycles. The third-order valence-corrected chi connectivity index (χ3v) is 4.25. The first kappa shape index (κ1) is 18.2. The zero-order chi connectivity index (χ0) is 17.7. The second-order valence-corrected chi connectivity index (χ2v) is 6.09. The molecular weight excluding hydrogens is 306 g/mol. The number of benzene rings is 2. The summed E-state index contributed by atoms with van der Waals surface area (Å²) in [6.45, 7) is 2.28. The highest BCUT2D eigenvalue weighted by Crippen LogP contribution is 2.26. The van der Waals surface area contributed by atoms with Crippen molar-refractivity contribution in [2.24, 2.45) is 0 Å². The molecule has 0 radical (unpaired) electrons. The van der Waals surface area contributed by atoms with E-state index in [2.05, 4.69) is 4.74 Å². The smallest absolute Gasteiger partial charge is 0.308 e. The Kier molecular flexibility index (Phi) is 6.17. The van der Waals surface area contributed by atoms with Crippen LogP contribution in [0, 0.1) is 0 Å². The predicted molar refractivity (Wildman–Crippen MR) is 94.2 cm³/mol. The second kappa shape index (κ2) is 8.13. The van der Waals surface area contributed by atoms with E-state index in [1.54, 1.807) is 0 Å². The fourth-order valence-electron chi connectivity index (χ4n) is 2.43. The van der Waals surface area contributed by atoms with Crippen LogP contribution in [-0.4, -0.2) is 49.8 Å². The lowest BCUT2D eigenvalue weighted by atomic mass is 9.99. The molecule has 24 heavy (non-hydrogen) atoms. The van der Waals surface area contributed by atoms with Gasteiger partial charge in [0.15, 0.2) is 0 Å². The number of rotatable bonds is 7. The Balaban J connectivity index is 2.12. The molecule has 0 saturated heterocycles. The van der Waals surface area contributed by atoms with E-state index in [-0.39, 0.29) is 25.0 Å². The topological polar surface area (TPSA) is 59.0 Å². The van der Waals surface area contributed by atoms with E-state index in [1.807, 2.05) is 62.3 Å². The minimum absolute atomic E-state index is 0.0309. The van der Waals surface area contributed by atoms with E-state index in [4.69, 9.17) is 4.74 Å². The minimum Gasteiger partial charge on any atom is -0.493 e. The zero-order valence-electron chi connectivity index (χ0n) is 14.7. The van der Waals surface area contributed by atoms with Crippen molar-refractivity contribution in [2.75, 3.05) is 27.8 Å². The lowest BCUT2D eigenvalue weighted by Crippen LogP contribution is -2.30. The Bertz CT molecular complexity index is 699. The van der Waals surface area contributed by atoms with Crippen molar-refractivity contribution in [2.45, 2.75) is 25.5 Å². The highest BCUT2D eigenvalue weighted by molar-refractivity contribution is 5.84. The van der Waals surface area contributed by atoms with Gasteiger partial charge in [0.05, 0.1) is 26.2 Å². The maximum Gasteiger partial charge on any atom is 0.308 e. The summed E-state index contributed by atoms with van der Waals surface area (Å²) in [7, 11) is 5.27. The van der Waals surface area contributed by atoms with E-state index in [0.717, 1.165) is 16.3 Å². The SMILES string of the molecule is COC(=O)CCOc1ccc2cc(C(O)C(C)N(C)C)ccc2c1. The number of ether oxygens (including phenoxy) is 2. The number of aliphatic hydroxyl groups is 1. The van der Waals surface area contributed by atoms with Crippen LogP contribution in [0.5, 0.6) is 5.75 Å². The molecule has 0 aliphatic carbocycles. The summed E-state index contributed by atoms with van der Waals surface area (Å²) >= 11 is 0. The number of methoxy groups -OCH3 is 1. The van der Waals surface area contributed by atoms with Gasteiger partial charge in [-0.05, 0) is 55.6 Å². The number of carbonyl (C=O) groups excluding carboxylic acids is 1. The van der Waals surface area contributed by atoms with Gasteiger partial charge in [0.25, 0.3) is 0 Å². The fraction of sp³-hybridized carbons (Fsp3) is 0.421. The van der Waals surface area contributed by atoms with Gasteiger partial charge >= 0.3 is 5.97 Å². The van der Waals surface area contributed by atoms with Crippen LogP contribution in [0.15, 0.2) is 36.4 Å². The van der Waals surface area contributed by atoms with Gasteiger partial charge in [-0.1, -0.05) is 18.2 Å². The van der Waals surface area contributed by atoms with Crippen molar-refractivity contribution in [3.63, 3.8) is 0 Å². The van der Waals surface area contributed by atoms with Gasteiger partial charge in [0.2, 0.25) is 0 Å². The number of likely N-dealkylation sites (N-methyl/N-ethyl adjacent to an activating group) is 1. The molecule has 0 amide bonds. The quantitative estimate of drug-likeness (QED) is 0.791. The predicted octanol–water partition coefficient (Wildman–Crippen LogP) is 2.77. The van der Waals surface area contributed by atoms with Gasteiger partial charge in [0, 0.05) is 6.04 Å². The summed E-state index contributed by atoms with van der Waals surface area (Å²) < 4.78 is 10.2. The number of hydrogen-bond donors (Lipinski definition) is 1. The van der Waals surface area contributed by atoms with Crippen LogP contribution in [0.1, 0.15) is 25.0 Å². The highest BCUT2D eigenvalue weighted by Gasteiger charge is 2.18. The van der Waals surface area contributed by atoms with Gasteiger partial charge in [-0.15, -0.1) is 0 Å². The summed E-state index contributed by atoms with van der Waals surface area (Å²) in [6, 6.07) is 11.7. The van der Waals surface area contributed by atoms with Crippen LogP contribution >= 0.6 is 0 Å². The van der Waals surface area contributed by atoms with Crippen LogP contribution < -0.4 is 4.74 Å². The first-order chi connectivity index (χ1) is 11.4. The molecule has 0 bridgehead atoms. The first-order valence-electron chi connectivity index (χ1n) is 8.00. The third-order valence-electron chi connectivity index (χ3n) is 4.25. The average molecular weight is 331 g/mol. The monoisotopic (exact) mass is 331 g/mol. The summed E-state index contributed by atoms with van der Waals surface area (Å²) in [5.74, 6) is 0.422. The highest BCUT2D eigenvalue weighted by atomic mass is 16.5. The summed E-state index contributed by atoms with van der Waals surface area (Å²) in [6.07, 6.45) is -0.317. The average Bonchev–Trinajstić information content (AvgIpc) is 2.59. The van der Waals surface area contributed by atoms with Crippen molar-refractivity contribution in [1.82, 2.24) is 4.90 Å². The van der Waals surface area contributed by atoms with Crippen molar-refractivity contribution >= 4 is 16.7 Å². The van der Waals surface area contributed by atoms with Crippen LogP contribution in [0.3, 0.4) is 0 Å². The van der Waals surface area contributed by atoms with Crippen molar-refractivity contribution in [3.8, 4) is 5.75 Å². The summed E-state index contributed by atoms with van der Waals surface area (Å²) in [5, 5.41) is 12.5.